The van der Waals surface area contributed by atoms with Gasteiger partial charge in [0.05, 0.1) is 13.7 Å². The highest BCUT2D eigenvalue weighted by molar-refractivity contribution is 7.98. The maximum atomic E-state index is 11.9. The van der Waals surface area contributed by atoms with Gasteiger partial charge in [0.15, 0.2) is 16.8 Å². The lowest BCUT2D eigenvalue weighted by molar-refractivity contribution is 0.101. The normalized spacial score (nSPS) is 10.8. The van der Waals surface area contributed by atoms with Crippen LogP contribution in [0.25, 0.3) is 17.1 Å². The van der Waals surface area contributed by atoms with Gasteiger partial charge in [-0.15, -0.1) is 10.2 Å². The molecule has 0 aliphatic rings. The lowest BCUT2D eigenvalue weighted by Gasteiger charge is -2.13. The minimum atomic E-state index is 0.0142. The summed E-state index contributed by atoms with van der Waals surface area (Å²) in [6.07, 6.45) is 3.49. The second kappa shape index (κ2) is 10.3. The van der Waals surface area contributed by atoms with Gasteiger partial charge in [-0.25, -0.2) is 0 Å². The topological polar surface area (TPSA) is 79.1 Å². The average molecular weight is 461 g/mol. The minimum Gasteiger partial charge on any atom is -0.496 e. The van der Waals surface area contributed by atoms with Crippen molar-refractivity contribution in [3.63, 3.8) is 0 Å². The number of carbonyl (C=O) groups excluding carboxylic acids is 1. The van der Waals surface area contributed by atoms with Gasteiger partial charge in [0, 0.05) is 40.5 Å². The number of methoxy groups -OCH3 is 1. The molecule has 0 aliphatic carbocycles. The molecule has 0 N–H and O–H groups in total. The minimum absolute atomic E-state index is 0.0142. The molecule has 0 radical (unpaired) electrons. The second-order valence-electron chi connectivity index (χ2n) is 7.18. The van der Waals surface area contributed by atoms with Gasteiger partial charge in [-0.2, -0.15) is 0 Å². The van der Waals surface area contributed by atoms with E-state index in [1.165, 1.54) is 11.8 Å². The van der Waals surface area contributed by atoms with Crippen LogP contribution in [0.4, 0.5) is 0 Å². The molecule has 2 aromatic heterocycles. The van der Waals surface area contributed by atoms with Crippen LogP contribution in [0.5, 0.6) is 11.5 Å². The number of benzene rings is 2. The molecule has 0 bridgehead atoms. The molecule has 2 aromatic carbocycles. The summed E-state index contributed by atoms with van der Waals surface area (Å²) < 4.78 is 13.1. The number of ether oxygens (including phenoxy) is 2. The Kier molecular flexibility index (Phi) is 7.04. The number of aromatic nitrogens is 4. The Balaban J connectivity index is 1.71. The lowest BCUT2D eigenvalue weighted by Crippen LogP contribution is -2.01. The van der Waals surface area contributed by atoms with E-state index in [1.807, 2.05) is 60.0 Å². The van der Waals surface area contributed by atoms with Gasteiger partial charge in [0.2, 0.25) is 0 Å². The van der Waals surface area contributed by atoms with E-state index in [0.29, 0.717) is 28.9 Å². The molecule has 0 saturated heterocycles. The van der Waals surface area contributed by atoms with Crippen LogP contribution in [0.3, 0.4) is 0 Å². The first kappa shape index (κ1) is 22.5. The van der Waals surface area contributed by atoms with Crippen LogP contribution >= 0.6 is 11.8 Å². The molecular weight excluding hydrogens is 436 g/mol. The van der Waals surface area contributed by atoms with Crippen molar-refractivity contribution in [1.29, 1.82) is 0 Å². The number of nitrogens with zero attached hydrogens (tertiary/aromatic N) is 4. The molecule has 7 nitrogen and oxygen atoms in total. The molecule has 2 heterocycles. The fourth-order valence-corrected chi connectivity index (χ4v) is 4.32. The summed E-state index contributed by atoms with van der Waals surface area (Å²) in [5.41, 5.74) is 3.34. The smallest absolute Gasteiger partial charge is 0.196 e. The predicted octanol–water partition coefficient (Wildman–Crippen LogP) is 5.23. The molecule has 4 rings (SSSR count). The molecular formula is C25H24N4O3S. The first-order chi connectivity index (χ1) is 16.1. The van der Waals surface area contributed by atoms with Crippen LogP contribution in [0, 0.1) is 0 Å². The first-order valence-corrected chi connectivity index (χ1v) is 11.5. The monoisotopic (exact) mass is 460 g/mol. The number of rotatable bonds is 9. The van der Waals surface area contributed by atoms with Crippen molar-refractivity contribution >= 4 is 17.5 Å². The van der Waals surface area contributed by atoms with Crippen LogP contribution in [0.15, 0.2) is 72.1 Å². The Bertz CT molecular complexity index is 1240. The van der Waals surface area contributed by atoms with Crippen molar-refractivity contribution in [2.45, 2.75) is 24.8 Å². The molecule has 33 heavy (non-hydrogen) atoms. The highest BCUT2D eigenvalue weighted by Gasteiger charge is 2.18. The van der Waals surface area contributed by atoms with Crippen molar-refractivity contribution < 1.29 is 14.3 Å². The molecule has 8 heteroatoms. The number of hydrogen-bond donors (Lipinski definition) is 0. The van der Waals surface area contributed by atoms with Gasteiger partial charge in [-0.1, -0.05) is 11.8 Å². The van der Waals surface area contributed by atoms with Crippen molar-refractivity contribution in [1.82, 2.24) is 19.7 Å². The van der Waals surface area contributed by atoms with Gasteiger partial charge >= 0.3 is 0 Å². The van der Waals surface area contributed by atoms with Crippen molar-refractivity contribution in [3.05, 3.63) is 78.1 Å². The predicted molar refractivity (Wildman–Crippen MR) is 128 cm³/mol. The Morgan fingerprint density at radius 3 is 2.58 bits per heavy atom. The Labute approximate surface area is 196 Å². The SMILES string of the molecule is CCOc1ccc(-n2c(SCc3cc(C(C)=O)ccc3OC)nnc2-c2cccnc2)cc1. The van der Waals surface area contributed by atoms with E-state index in [-0.39, 0.29) is 5.78 Å². The third kappa shape index (κ3) is 5.06. The quantitative estimate of drug-likeness (QED) is 0.250. The largest absolute Gasteiger partial charge is 0.496 e. The molecule has 0 fully saturated rings. The van der Waals surface area contributed by atoms with Gasteiger partial charge in [0.1, 0.15) is 11.5 Å². The van der Waals surface area contributed by atoms with Gasteiger partial charge in [0.25, 0.3) is 0 Å². The van der Waals surface area contributed by atoms with Crippen LogP contribution in [-0.4, -0.2) is 39.2 Å². The van der Waals surface area contributed by atoms with Crippen molar-refractivity contribution in [3.8, 4) is 28.6 Å². The van der Waals surface area contributed by atoms with Crippen LogP contribution in [0.2, 0.25) is 0 Å². The summed E-state index contributed by atoms with van der Waals surface area (Å²) >= 11 is 1.52. The second-order valence-corrected chi connectivity index (χ2v) is 8.12. The maximum absolute atomic E-state index is 11.9. The zero-order valence-electron chi connectivity index (χ0n) is 18.7. The van der Waals surface area contributed by atoms with E-state index in [9.17, 15) is 4.79 Å². The Hall–Kier alpha value is -3.65. The number of hydrogen-bond acceptors (Lipinski definition) is 7. The van der Waals surface area contributed by atoms with Crippen molar-refractivity contribution in [2.24, 2.45) is 0 Å². The van der Waals surface area contributed by atoms with Crippen LogP contribution in [0.1, 0.15) is 29.8 Å². The lowest BCUT2D eigenvalue weighted by atomic mass is 10.1. The Morgan fingerprint density at radius 2 is 1.91 bits per heavy atom. The van der Waals surface area contributed by atoms with E-state index >= 15 is 0 Å². The fraction of sp³-hybridized carbons (Fsp3) is 0.200. The summed E-state index contributed by atoms with van der Waals surface area (Å²) in [7, 11) is 1.62. The fourth-order valence-electron chi connectivity index (χ4n) is 3.39. The molecule has 4 aromatic rings. The summed E-state index contributed by atoms with van der Waals surface area (Å²) in [6, 6.07) is 17.1. The Morgan fingerprint density at radius 1 is 1.09 bits per heavy atom. The number of thioether (sulfide) groups is 1. The third-order valence-corrected chi connectivity index (χ3v) is 5.98. The molecule has 0 atom stereocenters. The first-order valence-electron chi connectivity index (χ1n) is 10.5. The molecule has 168 valence electrons. The zero-order valence-corrected chi connectivity index (χ0v) is 19.5. The molecule has 0 amide bonds. The number of pyridine rings is 1. The van der Waals surface area contributed by atoms with Gasteiger partial charge < -0.3 is 9.47 Å². The van der Waals surface area contributed by atoms with E-state index < -0.39 is 0 Å². The van der Waals surface area contributed by atoms with E-state index in [2.05, 4.69) is 15.2 Å². The number of carbonyl (C=O) groups is 1. The third-order valence-electron chi connectivity index (χ3n) is 5.00. The standard InChI is InChI=1S/C25H24N4O3S/c1-4-32-22-10-8-21(9-11-22)29-24(19-6-5-13-26-15-19)27-28-25(29)33-16-20-14-18(17(2)30)7-12-23(20)31-3/h5-15H,4,16H2,1-3H3. The average Bonchev–Trinajstić information content (AvgIpc) is 3.27. The van der Waals surface area contributed by atoms with Gasteiger partial charge in [-0.3, -0.25) is 14.3 Å². The highest BCUT2D eigenvalue weighted by atomic mass is 32.2. The van der Waals surface area contributed by atoms with E-state index in [0.717, 1.165) is 28.3 Å². The number of ketones is 1. The summed E-state index contributed by atoms with van der Waals surface area (Å²) in [6.45, 7) is 4.12. The molecule has 0 spiro atoms. The zero-order chi connectivity index (χ0) is 23.2. The van der Waals surface area contributed by atoms with Crippen LogP contribution < -0.4 is 9.47 Å². The van der Waals surface area contributed by atoms with E-state index in [4.69, 9.17) is 9.47 Å². The van der Waals surface area contributed by atoms with Crippen molar-refractivity contribution in [2.75, 3.05) is 13.7 Å². The summed E-state index contributed by atoms with van der Waals surface area (Å²) in [4.78, 5) is 16.1. The summed E-state index contributed by atoms with van der Waals surface area (Å²) in [5.74, 6) is 2.80. The molecule has 0 unspecified atom stereocenters. The summed E-state index contributed by atoms with van der Waals surface area (Å²) in [5, 5.41) is 9.64. The maximum Gasteiger partial charge on any atom is 0.196 e. The molecule has 0 aliphatic heterocycles. The van der Waals surface area contributed by atoms with E-state index in [1.54, 1.807) is 32.5 Å². The van der Waals surface area contributed by atoms with Gasteiger partial charge in [-0.05, 0) is 68.4 Å². The van der Waals surface area contributed by atoms with Crippen LogP contribution in [-0.2, 0) is 5.75 Å². The number of Topliss-reactive ketones (excluding diaryl/α,β-unsaturated/α-hetero) is 1. The highest BCUT2D eigenvalue weighted by Crippen LogP contribution is 2.32. The molecule has 0 saturated carbocycles.